The fourth-order valence-electron chi connectivity index (χ4n) is 10.7. The molecular formula is C59H35N5O2. The van der Waals surface area contributed by atoms with E-state index in [0.29, 0.717) is 11.8 Å². The van der Waals surface area contributed by atoms with Crippen molar-refractivity contribution in [1.29, 1.82) is 0 Å². The zero-order valence-corrected chi connectivity index (χ0v) is 35.2. The van der Waals surface area contributed by atoms with Crippen molar-refractivity contribution >= 4 is 121 Å². The van der Waals surface area contributed by atoms with Crippen LogP contribution in [0.1, 0.15) is 17.3 Å². The Morgan fingerprint density at radius 2 is 1.02 bits per heavy atom. The molecule has 1 atom stereocenters. The van der Waals surface area contributed by atoms with Gasteiger partial charge in [-0.2, -0.15) is 4.99 Å². The lowest BCUT2D eigenvalue weighted by atomic mass is 10.0. The number of fused-ring (bicyclic) bond motifs is 15. The van der Waals surface area contributed by atoms with Crippen molar-refractivity contribution in [2.45, 2.75) is 6.17 Å². The third kappa shape index (κ3) is 5.02. The standard InChI is InChI=1S/C59H35N5O2/c1-2-15-36-32-51-45(29-35(36)14-1)42-19-7-9-21-48(42)63(51)52-33-38(31-47-44-27-25-34-13-3-4-16-39(34)55(44)66-56(47)52)58-60-57(37-26-28-54-46(30-37)43-20-8-12-24-53(43)65-54)61-59(62-58)64-49-22-10-5-17-40(49)41-18-6-11-23-50(41)64/h1-33,57H,(H,60,61,62). The molecule has 1 aliphatic rings. The van der Waals surface area contributed by atoms with E-state index in [9.17, 15) is 0 Å². The van der Waals surface area contributed by atoms with Gasteiger partial charge in [0, 0.05) is 54.0 Å². The smallest absolute Gasteiger partial charge is 0.234 e. The van der Waals surface area contributed by atoms with Crippen LogP contribution in [0.2, 0.25) is 0 Å². The zero-order chi connectivity index (χ0) is 43.0. The van der Waals surface area contributed by atoms with E-state index in [4.69, 9.17) is 18.8 Å². The first-order valence-electron chi connectivity index (χ1n) is 22.3. The van der Waals surface area contributed by atoms with Crippen LogP contribution in [-0.4, -0.2) is 20.9 Å². The van der Waals surface area contributed by atoms with Gasteiger partial charge in [-0.05, 0) is 88.5 Å². The molecular weight excluding hydrogens is 811 g/mol. The molecule has 7 nitrogen and oxygen atoms in total. The van der Waals surface area contributed by atoms with Crippen molar-refractivity contribution in [3.8, 4) is 5.69 Å². The summed E-state index contributed by atoms with van der Waals surface area (Å²) in [6.07, 6.45) is -0.491. The number of benzene rings is 10. The average Bonchev–Trinajstić information content (AvgIpc) is 4.13. The molecule has 7 heteroatoms. The molecule has 0 aliphatic carbocycles. The maximum atomic E-state index is 7.17. The van der Waals surface area contributed by atoms with Crippen LogP contribution in [0, 0.1) is 0 Å². The van der Waals surface area contributed by atoms with E-state index in [1.165, 1.54) is 21.5 Å². The second kappa shape index (κ2) is 13.3. The minimum atomic E-state index is -0.491. The number of rotatable bonds is 3. The van der Waals surface area contributed by atoms with Crippen LogP contribution in [0.5, 0.6) is 0 Å². The van der Waals surface area contributed by atoms with Gasteiger partial charge in [0.25, 0.3) is 0 Å². The number of hydrogen-bond donors (Lipinski definition) is 1. The van der Waals surface area contributed by atoms with Gasteiger partial charge in [-0.3, -0.25) is 4.57 Å². The first kappa shape index (κ1) is 35.5. The first-order chi connectivity index (χ1) is 32.7. The third-order valence-corrected chi connectivity index (χ3v) is 13.7. The van der Waals surface area contributed by atoms with Gasteiger partial charge in [-0.1, -0.05) is 133 Å². The summed E-state index contributed by atoms with van der Waals surface area (Å²) in [7, 11) is 0. The summed E-state index contributed by atoms with van der Waals surface area (Å²) in [5, 5.41) is 17.2. The molecule has 10 aromatic carbocycles. The molecule has 0 amide bonds. The van der Waals surface area contributed by atoms with E-state index in [0.717, 1.165) is 104 Å². The number of aromatic nitrogens is 2. The van der Waals surface area contributed by atoms with Gasteiger partial charge in [0.1, 0.15) is 28.8 Å². The summed E-state index contributed by atoms with van der Waals surface area (Å²) >= 11 is 0. The number of nitrogens with zero attached hydrogens (tertiary/aromatic N) is 4. The van der Waals surface area contributed by atoms with Crippen molar-refractivity contribution in [3.63, 3.8) is 0 Å². The normalized spacial score (nSPS) is 14.5. The van der Waals surface area contributed by atoms with Crippen LogP contribution in [0.25, 0.3) is 115 Å². The van der Waals surface area contributed by atoms with E-state index in [1.54, 1.807) is 0 Å². The lowest BCUT2D eigenvalue weighted by molar-refractivity contribution is 0.661. The van der Waals surface area contributed by atoms with E-state index in [1.807, 2.05) is 12.1 Å². The largest absolute Gasteiger partial charge is 0.456 e. The lowest BCUT2D eigenvalue weighted by Gasteiger charge is -2.25. The van der Waals surface area contributed by atoms with Crippen LogP contribution in [0.3, 0.4) is 0 Å². The summed E-state index contributed by atoms with van der Waals surface area (Å²) in [4.78, 5) is 11.0. The van der Waals surface area contributed by atoms with E-state index in [2.05, 4.69) is 203 Å². The van der Waals surface area contributed by atoms with E-state index in [-0.39, 0.29) is 0 Å². The zero-order valence-electron chi connectivity index (χ0n) is 35.2. The summed E-state index contributed by atoms with van der Waals surface area (Å²) in [5.74, 6) is 1.30. The van der Waals surface area contributed by atoms with Gasteiger partial charge >= 0.3 is 0 Å². The number of amidine groups is 1. The van der Waals surface area contributed by atoms with Crippen molar-refractivity contribution < 1.29 is 8.83 Å². The molecule has 1 N–H and O–H groups in total. The van der Waals surface area contributed by atoms with Crippen molar-refractivity contribution in [1.82, 2.24) is 14.5 Å². The molecule has 0 bridgehead atoms. The third-order valence-electron chi connectivity index (χ3n) is 13.7. The number of para-hydroxylation sites is 4. The lowest BCUT2D eigenvalue weighted by Crippen LogP contribution is -2.35. The van der Waals surface area contributed by atoms with Crippen LogP contribution in [0.4, 0.5) is 0 Å². The minimum Gasteiger partial charge on any atom is -0.456 e. The van der Waals surface area contributed by atoms with Crippen LogP contribution >= 0.6 is 0 Å². The Kier molecular flexibility index (Phi) is 7.15. The monoisotopic (exact) mass is 845 g/mol. The van der Waals surface area contributed by atoms with Crippen LogP contribution < -0.4 is 5.32 Å². The number of furan rings is 2. The van der Waals surface area contributed by atoms with Gasteiger partial charge < -0.3 is 18.7 Å². The van der Waals surface area contributed by atoms with Gasteiger partial charge in [0.15, 0.2) is 5.58 Å². The molecule has 0 fully saturated rings. The number of hydrogen-bond acceptors (Lipinski definition) is 5. The molecule has 1 unspecified atom stereocenters. The molecule has 0 saturated heterocycles. The van der Waals surface area contributed by atoms with Gasteiger partial charge in [0.2, 0.25) is 5.96 Å². The molecule has 66 heavy (non-hydrogen) atoms. The first-order valence-corrected chi connectivity index (χ1v) is 22.3. The van der Waals surface area contributed by atoms with Crippen molar-refractivity contribution in [3.05, 3.63) is 211 Å². The van der Waals surface area contributed by atoms with E-state index < -0.39 is 6.17 Å². The highest BCUT2D eigenvalue weighted by Gasteiger charge is 2.27. The molecule has 5 heterocycles. The maximum Gasteiger partial charge on any atom is 0.234 e. The van der Waals surface area contributed by atoms with Crippen molar-refractivity contribution in [2.75, 3.05) is 0 Å². The minimum absolute atomic E-state index is 0.491. The molecule has 308 valence electrons. The number of nitrogens with one attached hydrogen (secondary N) is 1. The quantitative estimate of drug-likeness (QED) is 0.192. The Bertz CT molecular complexity index is 4410. The average molecular weight is 846 g/mol. The highest BCUT2D eigenvalue weighted by molar-refractivity contribution is 6.22. The molecule has 14 aromatic rings. The SMILES string of the molecule is c1ccc2cc3c(cc2c1)c1ccccc1n3-c1cc(C2=NC(n3c4ccccc4c4ccccc43)=NC(c3ccc4oc5ccccc5c4c3)N2)cc2c1oc1c3ccccc3ccc21. The van der Waals surface area contributed by atoms with Gasteiger partial charge in [-0.25, -0.2) is 4.99 Å². The molecule has 4 aromatic heterocycles. The molecule has 0 saturated carbocycles. The van der Waals surface area contributed by atoms with E-state index >= 15 is 0 Å². The Morgan fingerprint density at radius 1 is 0.394 bits per heavy atom. The topological polar surface area (TPSA) is 72.9 Å². The maximum absolute atomic E-state index is 7.17. The summed E-state index contributed by atoms with van der Waals surface area (Å²) in [6, 6.07) is 70.9. The fourth-order valence-corrected chi connectivity index (χ4v) is 10.7. The van der Waals surface area contributed by atoms with Crippen LogP contribution in [0.15, 0.2) is 219 Å². The second-order valence-corrected chi connectivity index (χ2v) is 17.4. The van der Waals surface area contributed by atoms with Gasteiger partial charge in [0.05, 0.1) is 27.8 Å². The Hall–Kier alpha value is -8.94. The Morgan fingerprint density at radius 3 is 1.79 bits per heavy atom. The van der Waals surface area contributed by atoms with Crippen LogP contribution in [-0.2, 0) is 0 Å². The highest BCUT2D eigenvalue weighted by atomic mass is 16.3. The number of aliphatic imine (C=N–C) groups is 2. The molecule has 0 spiro atoms. The molecule has 0 radical (unpaired) electrons. The summed E-state index contributed by atoms with van der Waals surface area (Å²) in [6.45, 7) is 0. The highest BCUT2D eigenvalue weighted by Crippen LogP contribution is 2.42. The predicted molar refractivity (Wildman–Crippen MR) is 271 cm³/mol. The fraction of sp³-hybridized carbons (Fsp3) is 0.0169. The van der Waals surface area contributed by atoms with Crippen molar-refractivity contribution in [2.24, 2.45) is 9.98 Å². The Balaban J connectivity index is 1.03. The predicted octanol–water partition coefficient (Wildman–Crippen LogP) is 14.9. The Labute approximate surface area is 375 Å². The molecule has 1 aliphatic heterocycles. The second-order valence-electron chi connectivity index (χ2n) is 17.4. The summed E-state index contributed by atoms with van der Waals surface area (Å²) in [5.41, 5.74) is 10.5. The molecule has 15 rings (SSSR count). The summed E-state index contributed by atoms with van der Waals surface area (Å²) < 4.78 is 18.1. The van der Waals surface area contributed by atoms with Gasteiger partial charge in [-0.15, -0.1) is 0 Å².